The first-order valence-electron chi connectivity index (χ1n) is 13.9. The molecule has 2 aliphatic rings. The third-order valence-corrected chi connectivity index (χ3v) is 16.8. The SMILES string of the molecule is CC(=O)O.CN(C1CCCCC1)C1CCCCC1.c1cc[c]([Bi]([c]2ccccc2)[c]2ccccc2)cc1. The minimum absolute atomic E-state index is 0.833. The van der Waals surface area contributed by atoms with E-state index in [1.165, 1.54) is 74.0 Å². The van der Waals surface area contributed by atoms with Gasteiger partial charge in [0.1, 0.15) is 0 Å². The van der Waals surface area contributed by atoms with Crippen molar-refractivity contribution >= 4 is 37.5 Å². The van der Waals surface area contributed by atoms with Gasteiger partial charge in [-0.15, -0.1) is 0 Å². The van der Waals surface area contributed by atoms with Crippen LogP contribution in [-0.4, -0.2) is 56.9 Å². The Morgan fingerprint density at radius 1 is 0.622 bits per heavy atom. The Morgan fingerprint density at radius 3 is 1.16 bits per heavy atom. The molecule has 0 heterocycles. The molecule has 0 bridgehead atoms. The van der Waals surface area contributed by atoms with Gasteiger partial charge in [-0.05, 0) is 32.7 Å². The first kappa shape index (κ1) is 29.5. The normalized spacial score (nSPS) is 16.3. The Morgan fingerprint density at radius 2 is 0.892 bits per heavy atom. The van der Waals surface area contributed by atoms with Crippen molar-refractivity contribution in [2.45, 2.75) is 83.2 Å². The van der Waals surface area contributed by atoms with E-state index >= 15 is 0 Å². The van der Waals surface area contributed by atoms with Gasteiger partial charge in [0.05, 0.1) is 0 Å². The van der Waals surface area contributed by atoms with E-state index in [1.807, 2.05) is 0 Å². The van der Waals surface area contributed by atoms with Gasteiger partial charge in [-0.1, -0.05) is 38.5 Å². The van der Waals surface area contributed by atoms with E-state index in [9.17, 15) is 0 Å². The summed E-state index contributed by atoms with van der Waals surface area (Å²) in [5.41, 5.74) is 0. The van der Waals surface area contributed by atoms with Gasteiger partial charge in [0.25, 0.3) is 5.97 Å². The van der Waals surface area contributed by atoms with E-state index in [4.69, 9.17) is 9.90 Å². The summed E-state index contributed by atoms with van der Waals surface area (Å²) in [7, 11) is 2.38. The Balaban J connectivity index is 0.000000186. The first-order chi connectivity index (χ1) is 18.1. The average Bonchev–Trinajstić information content (AvgIpc) is 2.96. The maximum atomic E-state index is 9.00. The molecule has 0 spiro atoms. The summed E-state index contributed by atoms with van der Waals surface area (Å²) >= 11 is -2.06. The molecule has 0 unspecified atom stereocenters. The standard InChI is InChI=1S/C13H25N.3C6H5.C2H4O2.Bi/c1-14(12-8-4-2-5-9-12)13-10-6-3-7-11-13;3*1-2-4-6-5-3-1;1-2(3)4;/h12-13H,2-11H2,1H3;3*1-5H;1H3,(H,3,4);. The van der Waals surface area contributed by atoms with Gasteiger partial charge in [-0.25, -0.2) is 0 Å². The van der Waals surface area contributed by atoms with Crippen molar-refractivity contribution in [1.29, 1.82) is 0 Å². The predicted octanol–water partition coefficient (Wildman–Crippen LogP) is 5.88. The van der Waals surface area contributed by atoms with Crippen LogP contribution in [0.5, 0.6) is 0 Å². The van der Waals surface area contributed by atoms with Gasteiger partial charge in [-0.2, -0.15) is 0 Å². The quantitative estimate of drug-likeness (QED) is 0.340. The second-order valence-corrected chi connectivity index (χ2v) is 18.7. The molecule has 37 heavy (non-hydrogen) atoms. The van der Waals surface area contributed by atoms with Crippen LogP contribution in [0.15, 0.2) is 91.0 Å². The number of hydrogen-bond acceptors (Lipinski definition) is 2. The van der Waals surface area contributed by atoms with Crippen LogP contribution in [0.1, 0.15) is 71.1 Å². The molecule has 0 aliphatic heterocycles. The number of rotatable bonds is 5. The van der Waals surface area contributed by atoms with Gasteiger partial charge >= 0.3 is 123 Å². The molecule has 198 valence electrons. The third kappa shape index (κ3) is 10.3. The first-order valence-corrected chi connectivity index (χ1v) is 19.1. The molecule has 2 aliphatic carbocycles. The summed E-state index contributed by atoms with van der Waals surface area (Å²) in [5, 5.41) is 7.42. The number of aliphatic carboxylic acids is 1. The van der Waals surface area contributed by atoms with Gasteiger partial charge in [0.2, 0.25) is 0 Å². The molecule has 0 amide bonds. The summed E-state index contributed by atoms with van der Waals surface area (Å²) in [6.45, 7) is 1.08. The summed E-state index contributed by atoms with van der Waals surface area (Å²) in [6, 6.07) is 34.8. The van der Waals surface area contributed by atoms with Crippen LogP contribution in [0.3, 0.4) is 0 Å². The second-order valence-electron chi connectivity index (χ2n) is 10.1. The third-order valence-electron chi connectivity index (χ3n) is 7.34. The Bertz CT molecular complexity index is 884. The zero-order valence-electron chi connectivity index (χ0n) is 22.6. The average molecular weight is 696 g/mol. The Kier molecular flexibility index (Phi) is 13.4. The zero-order chi connectivity index (χ0) is 26.3. The number of carboxylic acids is 1. The fraction of sp³-hybridized carbons (Fsp3) is 0.424. The van der Waals surface area contributed by atoms with Crippen molar-refractivity contribution in [2.24, 2.45) is 0 Å². The van der Waals surface area contributed by atoms with E-state index in [1.54, 1.807) is 0 Å². The molecule has 0 aromatic heterocycles. The van der Waals surface area contributed by atoms with Crippen LogP contribution in [0.2, 0.25) is 0 Å². The molecule has 2 fully saturated rings. The number of nitrogens with zero attached hydrogens (tertiary/aromatic N) is 1. The molecule has 4 heteroatoms. The van der Waals surface area contributed by atoms with E-state index in [2.05, 4.69) is 103 Å². The topological polar surface area (TPSA) is 40.5 Å². The van der Waals surface area contributed by atoms with Crippen LogP contribution in [0, 0.1) is 0 Å². The second kappa shape index (κ2) is 16.7. The van der Waals surface area contributed by atoms with Crippen LogP contribution < -0.4 is 9.81 Å². The van der Waals surface area contributed by atoms with E-state index in [0.29, 0.717) is 0 Å². The van der Waals surface area contributed by atoms with Crippen molar-refractivity contribution < 1.29 is 9.90 Å². The molecule has 0 radical (unpaired) electrons. The van der Waals surface area contributed by atoms with Crippen molar-refractivity contribution in [3.05, 3.63) is 91.0 Å². The van der Waals surface area contributed by atoms with Crippen LogP contribution in [-0.2, 0) is 4.79 Å². The Hall–Kier alpha value is -2.03. The summed E-state index contributed by atoms with van der Waals surface area (Å²) in [4.78, 5) is 11.7. The van der Waals surface area contributed by atoms with Crippen molar-refractivity contribution in [1.82, 2.24) is 4.90 Å². The molecule has 5 rings (SSSR count). The van der Waals surface area contributed by atoms with Crippen molar-refractivity contribution in [3.63, 3.8) is 0 Å². The zero-order valence-corrected chi connectivity index (χ0v) is 26.1. The van der Waals surface area contributed by atoms with E-state index < -0.39 is 27.7 Å². The molecule has 3 aromatic rings. The van der Waals surface area contributed by atoms with Gasteiger partial charge < -0.3 is 10.0 Å². The van der Waals surface area contributed by atoms with Gasteiger partial charge in [-0.3, -0.25) is 4.79 Å². The molecular formula is C33H44BiNO2. The number of carboxylic acid groups (broad SMARTS) is 1. The van der Waals surface area contributed by atoms with Crippen molar-refractivity contribution in [3.8, 4) is 0 Å². The fourth-order valence-corrected chi connectivity index (χ4v) is 14.4. The van der Waals surface area contributed by atoms with Crippen LogP contribution in [0.4, 0.5) is 0 Å². The molecule has 3 nitrogen and oxygen atoms in total. The molecule has 0 saturated heterocycles. The van der Waals surface area contributed by atoms with Gasteiger partial charge in [0.15, 0.2) is 0 Å². The van der Waals surface area contributed by atoms with Crippen LogP contribution in [0.25, 0.3) is 0 Å². The Labute approximate surface area is 232 Å². The van der Waals surface area contributed by atoms with E-state index in [0.717, 1.165) is 19.0 Å². The maximum absolute atomic E-state index is 9.00. The van der Waals surface area contributed by atoms with E-state index in [-0.39, 0.29) is 0 Å². The molecule has 1 N–H and O–H groups in total. The number of carbonyl (C=O) groups is 1. The number of benzene rings is 3. The molecule has 3 aromatic carbocycles. The molecule has 2 saturated carbocycles. The number of hydrogen-bond donors (Lipinski definition) is 1. The minimum atomic E-state index is -2.06. The fourth-order valence-electron chi connectivity index (χ4n) is 5.45. The molecule has 0 atom stereocenters. The van der Waals surface area contributed by atoms with Gasteiger partial charge in [0, 0.05) is 19.0 Å². The molecular weight excluding hydrogens is 651 g/mol. The summed E-state index contributed by atoms with van der Waals surface area (Å²) in [5.74, 6) is -0.833. The summed E-state index contributed by atoms with van der Waals surface area (Å²) in [6.07, 6.45) is 14.7. The van der Waals surface area contributed by atoms with Crippen LogP contribution >= 0.6 is 0 Å². The monoisotopic (exact) mass is 695 g/mol. The summed E-state index contributed by atoms with van der Waals surface area (Å²) < 4.78 is 4.61. The van der Waals surface area contributed by atoms with Crippen molar-refractivity contribution in [2.75, 3.05) is 7.05 Å². The predicted molar refractivity (Wildman–Crippen MR) is 159 cm³/mol.